The SMILES string of the molecule is NNC1=NC(CO)C(O)C(O)C1O. The molecule has 0 aromatic carbocycles. The average molecular weight is 191 g/mol. The van der Waals surface area contributed by atoms with Crippen LogP contribution < -0.4 is 11.3 Å². The van der Waals surface area contributed by atoms with Gasteiger partial charge in [-0.25, -0.2) is 5.84 Å². The zero-order valence-electron chi connectivity index (χ0n) is 6.83. The van der Waals surface area contributed by atoms with Gasteiger partial charge < -0.3 is 25.9 Å². The molecule has 0 fully saturated rings. The molecule has 1 aliphatic heterocycles. The van der Waals surface area contributed by atoms with E-state index in [9.17, 15) is 15.3 Å². The standard InChI is InChI=1S/C6H13N3O4/c7-9-6-5(13)4(12)3(11)2(1-10)8-6/h2-5,10-13H,1,7H2,(H,8,9). The summed E-state index contributed by atoms with van der Waals surface area (Å²) < 4.78 is 0. The topological polar surface area (TPSA) is 131 Å². The van der Waals surface area contributed by atoms with Gasteiger partial charge in [-0.1, -0.05) is 0 Å². The molecule has 0 saturated heterocycles. The van der Waals surface area contributed by atoms with Crippen LogP contribution in [0.2, 0.25) is 0 Å². The van der Waals surface area contributed by atoms with Gasteiger partial charge in [0.05, 0.1) is 6.61 Å². The van der Waals surface area contributed by atoms with Crippen molar-refractivity contribution in [1.82, 2.24) is 5.43 Å². The largest absolute Gasteiger partial charge is 0.394 e. The van der Waals surface area contributed by atoms with Crippen LogP contribution in [0.15, 0.2) is 4.99 Å². The number of nitrogens with zero attached hydrogens (tertiary/aromatic N) is 1. The monoisotopic (exact) mass is 191 g/mol. The molecule has 1 heterocycles. The number of amidine groups is 1. The third kappa shape index (κ3) is 1.79. The molecule has 76 valence electrons. The zero-order chi connectivity index (χ0) is 10.0. The highest BCUT2D eigenvalue weighted by molar-refractivity contribution is 5.87. The van der Waals surface area contributed by atoms with Crippen molar-refractivity contribution in [3.05, 3.63) is 0 Å². The second-order valence-corrected chi connectivity index (χ2v) is 2.83. The Bertz CT molecular complexity index is 210. The van der Waals surface area contributed by atoms with E-state index in [0.29, 0.717) is 0 Å². The van der Waals surface area contributed by atoms with Gasteiger partial charge in [0.2, 0.25) is 0 Å². The number of hydrogen-bond acceptors (Lipinski definition) is 7. The molecule has 7 heteroatoms. The van der Waals surface area contributed by atoms with E-state index >= 15 is 0 Å². The Morgan fingerprint density at radius 3 is 2.38 bits per heavy atom. The highest BCUT2D eigenvalue weighted by Crippen LogP contribution is 2.14. The van der Waals surface area contributed by atoms with Crippen LogP contribution in [0, 0.1) is 0 Å². The summed E-state index contributed by atoms with van der Waals surface area (Å²) in [7, 11) is 0. The van der Waals surface area contributed by atoms with Crippen molar-refractivity contribution < 1.29 is 20.4 Å². The Morgan fingerprint density at radius 2 is 1.92 bits per heavy atom. The number of aliphatic imine (C=N–C) groups is 1. The molecule has 1 rings (SSSR count). The molecule has 0 bridgehead atoms. The molecule has 7 nitrogen and oxygen atoms in total. The van der Waals surface area contributed by atoms with Crippen molar-refractivity contribution in [1.29, 1.82) is 0 Å². The first-order chi connectivity index (χ1) is 6.11. The molecular formula is C6H13N3O4. The van der Waals surface area contributed by atoms with Crippen LogP contribution in [-0.2, 0) is 0 Å². The van der Waals surface area contributed by atoms with E-state index in [2.05, 4.69) is 10.4 Å². The van der Waals surface area contributed by atoms with Crippen molar-refractivity contribution in [2.45, 2.75) is 24.4 Å². The van der Waals surface area contributed by atoms with E-state index in [-0.39, 0.29) is 5.84 Å². The Kier molecular flexibility index (Phi) is 3.17. The van der Waals surface area contributed by atoms with Crippen LogP contribution in [0.1, 0.15) is 0 Å². The van der Waals surface area contributed by atoms with Crippen LogP contribution >= 0.6 is 0 Å². The summed E-state index contributed by atoms with van der Waals surface area (Å²) in [5.74, 6) is 4.96. The molecule has 0 aliphatic carbocycles. The lowest BCUT2D eigenvalue weighted by molar-refractivity contribution is -0.0597. The molecule has 0 amide bonds. The summed E-state index contributed by atoms with van der Waals surface area (Å²) in [6, 6.07) is -0.857. The Labute approximate surface area is 74.5 Å². The van der Waals surface area contributed by atoms with E-state index < -0.39 is 31.0 Å². The van der Waals surface area contributed by atoms with Gasteiger partial charge in [0.25, 0.3) is 0 Å². The molecule has 0 radical (unpaired) electrons. The average Bonchev–Trinajstić information content (AvgIpc) is 2.15. The van der Waals surface area contributed by atoms with E-state index in [0.717, 1.165) is 0 Å². The maximum Gasteiger partial charge on any atom is 0.143 e. The molecular weight excluding hydrogens is 178 g/mol. The van der Waals surface area contributed by atoms with Crippen molar-refractivity contribution >= 4 is 5.84 Å². The maximum absolute atomic E-state index is 9.28. The second kappa shape index (κ2) is 3.99. The predicted octanol–water partition coefficient (Wildman–Crippen LogP) is -3.69. The fraction of sp³-hybridized carbons (Fsp3) is 0.833. The molecule has 1 aliphatic rings. The van der Waals surface area contributed by atoms with E-state index in [1.54, 1.807) is 0 Å². The van der Waals surface area contributed by atoms with Gasteiger partial charge in [-0.2, -0.15) is 0 Å². The lowest BCUT2D eigenvalue weighted by Gasteiger charge is -2.32. The first kappa shape index (κ1) is 10.4. The van der Waals surface area contributed by atoms with Crippen LogP contribution in [0.5, 0.6) is 0 Å². The minimum absolute atomic E-state index is 0.0446. The molecule has 0 aromatic rings. The number of aliphatic hydroxyl groups is 4. The maximum atomic E-state index is 9.28. The molecule has 4 atom stereocenters. The van der Waals surface area contributed by atoms with Crippen LogP contribution in [0.3, 0.4) is 0 Å². The first-order valence-corrected chi connectivity index (χ1v) is 3.81. The molecule has 0 aromatic heterocycles. The van der Waals surface area contributed by atoms with Crippen molar-refractivity contribution in [2.75, 3.05) is 6.61 Å². The van der Waals surface area contributed by atoms with Crippen LogP contribution in [0.25, 0.3) is 0 Å². The Hall–Kier alpha value is -0.730. The summed E-state index contributed by atoms with van der Waals surface area (Å²) in [6.07, 6.45) is -4.01. The Balaban J connectivity index is 2.86. The molecule has 7 N–H and O–H groups in total. The predicted molar refractivity (Wildman–Crippen MR) is 43.7 cm³/mol. The second-order valence-electron chi connectivity index (χ2n) is 2.83. The first-order valence-electron chi connectivity index (χ1n) is 3.81. The zero-order valence-corrected chi connectivity index (χ0v) is 6.83. The van der Waals surface area contributed by atoms with E-state index in [1.165, 1.54) is 0 Å². The number of aliphatic hydroxyl groups excluding tert-OH is 4. The molecule has 0 spiro atoms. The highest BCUT2D eigenvalue weighted by atomic mass is 16.4. The van der Waals surface area contributed by atoms with Crippen LogP contribution in [0.4, 0.5) is 0 Å². The van der Waals surface area contributed by atoms with Gasteiger partial charge in [-0.15, -0.1) is 0 Å². The minimum Gasteiger partial charge on any atom is -0.394 e. The summed E-state index contributed by atoms with van der Waals surface area (Å²) in [5.41, 5.74) is 2.09. The van der Waals surface area contributed by atoms with Crippen molar-refractivity contribution in [3.63, 3.8) is 0 Å². The number of nitrogens with one attached hydrogen (secondary N) is 1. The third-order valence-electron chi connectivity index (χ3n) is 1.99. The van der Waals surface area contributed by atoms with Gasteiger partial charge in [0, 0.05) is 0 Å². The smallest absolute Gasteiger partial charge is 0.143 e. The van der Waals surface area contributed by atoms with Gasteiger partial charge >= 0.3 is 0 Å². The lowest BCUT2D eigenvalue weighted by atomic mass is 9.97. The van der Waals surface area contributed by atoms with Gasteiger partial charge in [-0.3, -0.25) is 4.99 Å². The molecule has 13 heavy (non-hydrogen) atoms. The van der Waals surface area contributed by atoms with Gasteiger partial charge in [-0.05, 0) is 0 Å². The number of nitrogens with two attached hydrogens (primary N) is 1. The third-order valence-corrected chi connectivity index (χ3v) is 1.99. The number of rotatable bonds is 1. The Morgan fingerprint density at radius 1 is 1.31 bits per heavy atom. The normalized spacial score (nSPS) is 39.9. The minimum atomic E-state index is -1.39. The quantitative estimate of drug-likeness (QED) is 0.187. The summed E-state index contributed by atoms with van der Waals surface area (Å²) in [5, 5.41) is 36.5. The molecule has 0 saturated carbocycles. The van der Waals surface area contributed by atoms with Gasteiger partial charge in [0.1, 0.15) is 30.2 Å². The number of hydrogen-bond donors (Lipinski definition) is 6. The summed E-state index contributed by atoms with van der Waals surface area (Å²) in [6.45, 7) is -0.421. The van der Waals surface area contributed by atoms with Crippen molar-refractivity contribution in [2.24, 2.45) is 10.8 Å². The fourth-order valence-corrected chi connectivity index (χ4v) is 1.18. The van der Waals surface area contributed by atoms with Crippen molar-refractivity contribution in [3.8, 4) is 0 Å². The highest BCUT2D eigenvalue weighted by Gasteiger charge is 2.38. The summed E-state index contributed by atoms with van der Waals surface area (Å²) in [4.78, 5) is 3.70. The van der Waals surface area contributed by atoms with E-state index in [4.69, 9.17) is 10.9 Å². The lowest BCUT2D eigenvalue weighted by Crippen LogP contribution is -2.57. The number of hydrazine groups is 1. The van der Waals surface area contributed by atoms with Crippen LogP contribution in [-0.4, -0.2) is 57.2 Å². The summed E-state index contributed by atoms with van der Waals surface area (Å²) >= 11 is 0. The van der Waals surface area contributed by atoms with E-state index in [1.807, 2.05) is 0 Å². The fourth-order valence-electron chi connectivity index (χ4n) is 1.18. The molecule has 4 unspecified atom stereocenters. The van der Waals surface area contributed by atoms with Gasteiger partial charge in [0.15, 0.2) is 0 Å².